The van der Waals surface area contributed by atoms with Crippen molar-refractivity contribution < 1.29 is 14.1 Å². The van der Waals surface area contributed by atoms with E-state index >= 15 is 0 Å². The van der Waals surface area contributed by atoms with Crippen molar-refractivity contribution in [1.29, 1.82) is 0 Å². The van der Waals surface area contributed by atoms with Gasteiger partial charge in [-0.25, -0.2) is 0 Å². The smallest absolute Gasteiger partial charge is 0.295 e. The fourth-order valence-corrected chi connectivity index (χ4v) is 4.20. The standard InChI is InChI=1S/C25H18N2O5/c1-2-15-10-12-17(13-11-15)26-22(16-6-5-7-18(14-16)27(30)31)21-23(28)19-8-3-4-9-20(19)32-24(21)25(26)29/h3-14,22H,2H2,1H3. The van der Waals surface area contributed by atoms with Gasteiger partial charge in [-0.1, -0.05) is 43.3 Å². The van der Waals surface area contributed by atoms with Gasteiger partial charge in [0.05, 0.1) is 21.9 Å². The Bertz CT molecular complexity index is 1440. The second-order valence-corrected chi connectivity index (χ2v) is 7.62. The van der Waals surface area contributed by atoms with Crippen molar-refractivity contribution in [2.75, 3.05) is 4.90 Å². The molecule has 0 radical (unpaired) electrons. The molecule has 0 fully saturated rings. The Morgan fingerprint density at radius 1 is 1.00 bits per heavy atom. The van der Waals surface area contributed by atoms with Crippen LogP contribution >= 0.6 is 0 Å². The van der Waals surface area contributed by atoms with E-state index < -0.39 is 16.9 Å². The van der Waals surface area contributed by atoms with E-state index in [1.807, 2.05) is 31.2 Å². The molecule has 0 N–H and O–H groups in total. The van der Waals surface area contributed by atoms with E-state index in [1.54, 1.807) is 36.4 Å². The first-order chi connectivity index (χ1) is 15.5. The Morgan fingerprint density at radius 3 is 2.47 bits per heavy atom. The monoisotopic (exact) mass is 426 g/mol. The van der Waals surface area contributed by atoms with Gasteiger partial charge < -0.3 is 4.42 Å². The average molecular weight is 426 g/mol. The maximum Gasteiger partial charge on any atom is 0.295 e. The van der Waals surface area contributed by atoms with Crippen molar-refractivity contribution in [3.63, 3.8) is 0 Å². The molecule has 0 aliphatic carbocycles. The minimum atomic E-state index is -0.842. The third-order valence-corrected chi connectivity index (χ3v) is 5.80. The number of non-ortho nitro benzene ring substituents is 1. The van der Waals surface area contributed by atoms with Crippen LogP contribution in [0.4, 0.5) is 11.4 Å². The highest BCUT2D eigenvalue weighted by molar-refractivity contribution is 6.10. The molecule has 0 bridgehead atoms. The molecule has 1 unspecified atom stereocenters. The minimum Gasteiger partial charge on any atom is -0.450 e. The molecule has 7 heteroatoms. The normalized spacial score (nSPS) is 15.2. The number of para-hydroxylation sites is 1. The molecule has 1 aliphatic heterocycles. The number of anilines is 1. The van der Waals surface area contributed by atoms with Crippen LogP contribution in [0.15, 0.2) is 82.0 Å². The van der Waals surface area contributed by atoms with Crippen molar-refractivity contribution in [2.24, 2.45) is 0 Å². The van der Waals surface area contributed by atoms with Crippen molar-refractivity contribution in [2.45, 2.75) is 19.4 Å². The summed E-state index contributed by atoms with van der Waals surface area (Å²) in [5.41, 5.74) is 2.23. The highest BCUT2D eigenvalue weighted by Gasteiger charge is 2.44. The second-order valence-electron chi connectivity index (χ2n) is 7.62. The van der Waals surface area contributed by atoms with E-state index in [2.05, 4.69) is 0 Å². The molecular weight excluding hydrogens is 408 g/mol. The van der Waals surface area contributed by atoms with E-state index in [0.29, 0.717) is 22.2 Å². The molecule has 0 saturated carbocycles. The van der Waals surface area contributed by atoms with Crippen LogP contribution in [0.25, 0.3) is 11.0 Å². The number of hydrogen-bond donors (Lipinski definition) is 0. The largest absolute Gasteiger partial charge is 0.450 e. The fourth-order valence-electron chi connectivity index (χ4n) is 4.20. The highest BCUT2D eigenvalue weighted by Crippen LogP contribution is 2.41. The number of aryl methyl sites for hydroxylation is 1. The van der Waals surface area contributed by atoms with Gasteiger partial charge in [-0.3, -0.25) is 24.6 Å². The molecule has 3 aromatic carbocycles. The molecule has 0 spiro atoms. The molecule has 2 heterocycles. The minimum absolute atomic E-state index is 0.0372. The maximum absolute atomic E-state index is 13.5. The predicted molar refractivity (Wildman–Crippen MR) is 120 cm³/mol. The Hall–Kier alpha value is -4.26. The van der Waals surface area contributed by atoms with E-state index in [-0.39, 0.29) is 22.4 Å². The first kappa shape index (κ1) is 19.7. The molecule has 158 valence electrons. The van der Waals surface area contributed by atoms with Gasteiger partial charge in [-0.2, -0.15) is 0 Å². The number of fused-ring (bicyclic) bond motifs is 2. The topological polar surface area (TPSA) is 93.7 Å². The zero-order valence-electron chi connectivity index (χ0n) is 17.1. The first-order valence-corrected chi connectivity index (χ1v) is 10.2. The number of benzene rings is 3. The molecule has 1 aromatic heterocycles. The molecule has 4 aromatic rings. The van der Waals surface area contributed by atoms with Crippen molar-refractivity contribution in [3.05, 3.63) is 116 Å². The average Bonchev–Trinajstić information content (AvgIpc) is 3.12. The van der Waals surface area contributed by atoms with Crippen molar-refractivity contribution >= 4 is 28.3 Å². The van der Waals surface area contributed by atoms with Crippen LogP contribution in [0.5, 0.6) is 0 Å². The number of nitro benzene ring substituents is 1. The van der Waals surface area contributed by atoms with Gasteiger partial charge in [0, 0.05) is 17.8 Å². The van der Waals surface area contributed by atoms with Crippen molar-refractivity contribution in [1.82, 2.24) is 0 Å². The number of hydrogen-bond acceptors (Lipinski definition) is 5. The third kappa shape index (κ3) is 2.98. The summed E-state index contributed by atoms with van der Waals surface area (Å²) in [7, 11) is 0. The van der Waals surface area contributed by atoms with E-state index in [1.165, 1.54) is 17.0 Å². The van der Waals surface area contributed by atoms with Crippen LogP contribution < -0.4 is 10.3 Å². The van der Waals surface area contributed by atoms with Crippen LogP contribution in [0, 0.1) is 10.1 Å². The summed E-state index contributed by atoms with van der Waals surface area (Å²) in [6.07, 6.45) is 0.841. The lowest BCUT2D eigenvalue weighted by molar-refractivity contribution is -0.384. The molecule has 5 rings (SSSR count). The van der Waals surface area contributed by atoms with Gasteiger partial charge in [0.25, 0.3) is 11.6 Å². The van der Waals surface area contributed by atoms with Gasteiger partial charge in [0.15, 0.2) is 5.43 Å². The number of carbonyl (C=O) groups excluding carboxylic acids is 1. The summed E-state index contributed by atoms with van der Waals surface area (Å²) in [5.74, 6) is -0.492. The Labute approximate surface area is 182 Å². The molecule has 1 amide bonds. The molecule has 1 aliphatic rings. The predicted octanol–water partition coefficient (Wildman–Crippen LogP) is 5.01. The van der Waals surface area contributed by atoms with E-state index in [0.717, 1.165) is 12.0 Å². The molecule has 7 nitrogen and oxygen atoms in total. The molecular formula is C25H18N2O5. The van der Waals surface area contributed by atoms with Crippen LogP contribution in [-0.4, -0.2) is 10.8 Å². The number of carbonyl (C=O) groups is 1. The summed E-state index contributed by atoms with van der Waals surface area (Å²) in [5, 5.41) is 11.7. The Balaban J connectivity index is 1.79. The fraction of sp³-hybridized carbons (Fsp3) is 0.120. The molecule has 32 heavy (non-hydrogen) atoms. The summed E-state index contributed by atoms with van der Waals surface area (Å²) in [4.78, 5) is 39.4. The van der Waals surface area contributed by atoms with Crippen LogP contribution in [0.3, 0.4) is 0 Å². The summed E-state index contributed by atoms with van der Waals surface area (Å²) >= 11 is 0. The summed E-state index contributed by atoms with van der Waals surface area (Å²) < 4.78 is 5.90. The van der Waals surface area contributed by atoms with E-state index in [9.17, 15) is 19.7 Å². The van der Waals surface area contributed by atoms with E-state index in [4.69, 9.17) is 4.42 Å². The van der Waals surface area contributed by atoms with Crippen LogP contribution in [0.1, 0.15) is 40.2 Å². The Morgan fingerprint density at radius 2 is 1.75 bits per heavy atom. The lowest BCUT2D eigenvalue weighted by atomic mass is 9.97. The molecule has 1 atom stereocenters. The highest BCUT2D eigenvalue weighted by atomic mass is 16.6. The van der Waals surface area contributed by atoms with Crippen LogP contribution in [0.2, 0.25) is 0 Å². The lowest BCUT2D eigenvalue weighted by Crippen LogP contribution is -2.29. The maximum atomic E-state index is 13.5. The number of rotatable bonds is 4. The number of amides is 1. The number of nitro groups is 1. The molecule has 0 saturated heterocycles. The number of nitrogens with zero attached hydrogens (tertiary/aromatic N) is 2. The zero-order valence-corrected chi connectivity index (χ0v) is 17.1. The first-order valence-electron chi connectivity index (χ1n) is 10.2. The third-order valence-electron chi connectivity index (χ3n) is 5.80. The van der Waals surface area contributed by atoms with Gasteiger partial charge in [0.1, 0.15) is 5.58 Å². The second kappa shape index (κ2) is 7.46. The Kier molecular flexibility index (Phi) is 4.59. The summed E-state index contributed by atoms with van der Waals surface area (Å²) in [6.45, 7) is 2.03. The quantitative estimate of drug-likeness (QED) is 0.338. The van der Waals surface area contributed by atoms with Gasteiger partial charge in [-0.05, 0) is 41.8 Å². The van der Waals surface area contributed by atoms with Gasteiger partial charge in [0.2, 0.25) is 5.76 Å². The van der Waals surface area contributed by atoms with Crippen molar-refractivity contribution in [3.8, 4) is 0 Å². The van der Waals surface area contributed by atoms with Gasteiger partial charge >= 0.3 is 0 Å². The SMILES string of the molecule is CCc1ccc(N2C(=O)c3oc4ccccc4c(=O)c3C2c2cccc([N+](=O)[O-])c2)cc1. The lowest BCUT2D eigenvalue weighted by Gasteiger charge is -2.25. The zero-order chi connectivity index (χ0) is 22.4. The summed E-state index contributed by atoms with van der Waals surface area (Å²) in [6, 6.07) is 19.4. The van der Waals surface area contributed by atoms with Crippen LogP contribution in [-0.2, 0) is 6.42 Å². The van der Waals surface area contributed by atoms with Gasteiger partial charge in [-0.15, -0.1) is 0 Å².